The van der Waals surface area contributed by atoms with Gasteiger partial charge in [0, 0.05) is 43.2 Å². The third-order valence-electron chi connectivity index (χ3n) is 6.10. The second kappa shape index (κ2) is 11.5. The standard InChI is InChI=1S/C27H30FN5O4/c1-3-35-24-15-22-19(14-23(24)36-10-4-7-33-8-11-34-12-9-33)16-29-25-26(30-17-31-27(25)37-22)32-20-5-6-21(28)18(2)13-20/h5-6,13-17H,3-4,7-12H2,1-2H3,(H,30,31,32). The maximum absolute atomic E-state index is 13.7. The number of anilines is 2. The molecule has 0 radical (unpaired) electrons. The van der Waals surface area contributed by atoms with E-state index in [1.807, 2.05) is 13.0 Å². The van der Waals surface area contributed by atoms with Crippen LogP contribution in [-0.2, 0) is 4.74 Å². The van der Waals surface area contributed by atoms with Gasteiger partial charge in [0.1, 0.15) is 17.9 Å². The van der Waals surface area contributed by atoms with Crippen LogP contribution < -0.4 is 19.5 Å². The van der Waals surface area contributed by atoms with Crippen LogP contribution in [0.5, 0.6) is 23.1 Å². The predicted molar refractivity (Wildman–Crippen MR) is 139 cm³/mol. The van der Waals surface area contributed by atoms with Gasteiger partial charge in [-0.15, -0.1) is 0 Å². The zero-order valence-corrected chi connectivity index (χ0v) is 21.0. The second-order valence-corrected chi connectivity index (χ2v) is 8.75. The van der Waals surface area contributed by atoms with Crippen molar-refractivity contribution in [3.63, 3.8) is 0 Å². The van der Waals surface area contributed by atoms with Crippen LogP contribution in [0.15, 0.2) is 41.7 Å². The molecule has 0 bridgehead atoms. The first-order valence-electron chi connectivity index (χ1n) is 12.4. The van der Waals surface area contributed by atoms with Crippen LogP contribution >= 0.6 is 0 Å². The Bertz CT molecular complexity index is 1280. The molecule has 0 unspecified atom stereocenters. The molecule has 3 heterocycles. The molecule has 1 fully saturated rings. The van der Waals surface area contributed by atoms with Gasteiger partial charge in [-0.2, -0.15) is 4.98 Å². The van der Waals surface area contributed by atoms with Gasteiger partial charge < -0.3 is 24.3 Å². The predicted octanol–water partition coefficient (Wildman–Crippen LogP) is 5.02. The summed E-state index contributed by atoms with van der Waals surface area (Å²) in [6.45, 7) is 9.12. The van der Waals surface area contributed by atoms with E-state index in [0.717, 1.165) is 44.8 Å². The van der Waals surface area contributed by atoms with Crippen LogP contribution in [0.3, 0.4) is 0 Å². The van der Waals surface area contributed by atoms with Gasteiger partial charge >= 0.3 is 0 Å². The molecular formula is C27H30FN5O4. The molecule has 1 saturated heterocycles. The summed E-state index contributed by atoms with van der Waals surface area (Å²) in [5, 5.41) is 3.19. The highest BCUT2D eigenvalue weighted by Gasteiger charge is 2.21. The number of aromatic nitrogens is 2. The van der Waals surface area contributed by atoms with E-state index in [4.69, 9.17) is 18.9 Å². The number of aliphatic imine (C=N–C) groups is 1. The largest absolute Gasteiger partial charge is 0.490 e. The quantitative estimate of drug-likeness (QED) is 0.316. The summed E-state index contributed by atoms with van der Waals surface area (Å²) in [6, 6.07) is 8.43. The fourth-order valence-corrected chi connectivity index (χ4v) is 4.16. The maximum atomic E-state index is 13.7. The zero-order chi connectivity index (χ0) is 25.6. The lowest BCUT2D eigenvalue weighted by atomic mass is 10.2. The summed E-state index contributed by atoms with van der Waals surface area (Å²) < 4.78 is 37.2. The van der Waals surface area contributed by atoms with Crippen molar-refractivity contribution in [3.8, 4) is 23.1 Å². The van der Waals surface area contributed by atoms with Crippen molar-refractivity contribution in [2.24, 2.45) is 4.99 Å². The Morgan fingerprint density at radius 1 is 1.08 bits per heavy atom. The Morgan fingerprint density at radius 3 is 2.73 bits per heavy atom. The zero-order valence-electron chi connectivity index (χ0n) is 21.0. The van der Waals surface area contributed by atoms with Crippen LogP contribution in [-0.4, -0.2) is 67.1 Å². The van der Waals surface area contributed by atoms with Crippen LogP contribution in [0.2, 0.25) is 0 Å². The van der Waals surface area contributed by atoms with Gasteiger partial charge in [0.05, 0.1) is 26.4 Å². The Hall–Kier alpha value is -3.76. The topological polar surface area (TPSA) is 90.3 Å². The molecule has 37 heavy (non-hydrogen) atoms. The first kappa shape index (κ1) is 24.9. The van der Waals surface area contributed by atoms with Gasteiger partial charge in [-0.25, -0.2) is 14.4 Å². The minimum Gasteiger partial charge on any atom is -0.490 e. The number of rotatable bonds is 9. The molecular weight excluding hydrogens is 477 g/mol. The van der Waals surface area contributed by atoms with E-state index in [1.165, 1.54) is 12.4 Å². The van der Waals surface area contributed by atoms with Gasteiger partial charge in [-0.05, 0) is 50.1 Å². The SMILES string of the molecule is CCOc1cc2c(cc1OCCCN1CCOCC1)C=Nc1c(Nc3ccc(F)c(C)c3)ncnc1O2. The van der Waals surface area contributed by atoms with Crippen LogP contribution in [0.1, 0.15) is 24.5 Å². The van der Waals surface area contributed by atoms with E-state index < -0.39 is 0 Å². The Balaban J connectivity index is 1.34. The Kier molecular flexibility index (Phi) is 7.76. The molecule has 0 amide bonds. The third-order valence-corrected chi connectivity index (χ3v) is 6.10. The highest BCUT2D eigenvalue weighted by atomic mass is 19.1. The molecule has 1 N–H and O–H groups in total. The molecule has 3 aromatic rings. The Morgan fingerprint density at radius 2 is 1.92 bits per heavy atom. The lowest BCUT2D eigenvalue weighted by Gasteiger charge is -2.26. The van der Waals surface area contributed by atoms with E-state index in [0.29, 0.717) is 59.1 Å². The summed E-state index contributed by atoms with van der Waals surface area (Å²) in [5.41, 5.74) is 2.38. The van der Waals surface area contributed by atoms with Crippen molar-refractivity contribution in [2.75, 3.05) is 51.4 Å². The summed E-state index contributed by atoms with van der Waals surface area (Å²) in [4.78, 5) is 15.6. The highest BCUT2D eigenvalue weighted by Crippen LogP contribution is 2.42. The van der Waals surface area contributed by atoms with Crippen LogP contribution in [0.25, 0.3) is 0 Å². The summed E-state index contributed by atoms with van der Waals surface area (Å²) in [7, 11) is 0. The third kappa shape index (κ3) is 5.98. The molecule has 9 nitrogen and oxygen atoms in total. The smallest absolute Gasteiger partial charge is 0.250 e. The van der Waals surface area contributed by atoms with E-state index in [9.17, 15) is 4.39 Å². The number of morpholine rings is 1. The summed E-state index contributed by atoms with van der Waals surface area (Å²) in [5.74, 6) is 2.26. The van der Waals surface area contributed by atoms with Crippen LogP contribution in [0, 0.1) is 12.7 Å². The second-order valence-electron chi connectivity index (χ2n) is 8.75. The number of aryl methyl sites for hydroxylation is 1. The first-order valence-corrected chi connectivity index (χ1v) is 12.4. The minimum absolute atomic E-state index is 0.270. The summed E-state index contributed by atoms with van der Waals surface area (Å²) >= 11 is 0. The van der Waals surface area contributed by atoms with Gasteiger partial charge in [0.15, 0.2) is 23.0 Å². The molecule has 0 aliphatic carbocycles. The average molecular weight is 508 g/mol. The summed E-state index contributed by atoms with van der Waals surface area (Å²) in [6.07, 6.45) is 3.99. The number of hydrogen-bond donors (Lipinski definition) is 1. The normalized spacial score (nSPS) is 14.8. The molecule has 2 aliphatic heterocycles. The van der Waals surface area contributed by atoms with Gasteiger partial charge in [0.2, 0.25) is 0 Å². The number of nitrogens with zero attached hydrogens (tertiary/aromatic N) is 4. The molecule has 1 aromatic heterocycles. The van der Waals surface area contributed by atoms with Crippen molar-refractivity contribution in [1.82, 2.24) is 14.9 Å². The fraction of sp³-hybridized carbons (Fsp3) is 0.370. The molecule has 0 spiro atoms. The molecule has 2 aromatic carbocycles. The van der Waals surface area contributed by atoms with Crippen molar-refractivity contribution < 1.29 is 23.3 Å². The van der Waals surface area contributed by atoms with Crippen molar-refractivity contribution in [1.29, 1.82) is 0 Å². The molecule has 0 saturated carbocycles. The first-order chi connectivity index (χ1) is 18.1. The van der Waals surface area contributed by atoms with E-state index in [1.54, 1.807) is 31.3 Å². The number of benzene rings is 2. The van der Waals surface area contributed by atoms with Gasteiger partial charge in [0.25, 0.3) is 5.88 Å². The number of ether oxygens (including phenoxy) is 4. The molecule has 5 rings (SSSR count). The van der Waals surface area contributed by atoms with E-state index in [2.05, 4.69) is 25.2 Å². The average Bonchev–Trinajstić information content (AvgIpc) is 3.09. The van der Waals surface area contributed by atoms with Gasteiger partial charge in [-0.3, -0.25) is 4.90 Å². The molecule has 2 aliphatic rings. The minimum atomic E-state index is -0.270. The van der Waals surface area contributed by atoms with Crippen LogP contribution in [0.4, 0.5) is 21.6 Å². The fourth-order valence-electron chi connectivity index (χ4n) is 4.16. The Labute approximate surface area is 215 Å². The van der Waals surface area contributed by atoms with E-state index in [-0.39, 0.29) is 5.82 Å². The molecule has 194 valence electrons. The van der Waals surface area contributed by atoms with E-state index >= 15 is 0 Å². The lowest BCUT2D eigenvalue weighted by Crippen LogP contribution is -2.37. The van der Waals surface area contributed by atoms with Crippen molar-refractivity contribution in [3.05, 3.63) is 53.6 Å². The highest BCUT2D eigenvalue weighted by molar-refractivity contribution is 5.90. The number of halogens is 1. The lowest BCUT2D eigenvalue weighted by molar-refractivity contribution is 0.0357. The number of nitrogens with one attached hydrogen (secondary N) is 1. The van der Waals surface area contributed by atoms with Crippen molar-refractivity contribution >= 4 is 23.4 Å². The number of fused-ring (bicyclic) bond motifs is 2. The number of hydrogen-bond acceptors (Lipinski definition) is 9. The van der Waals surface area contributed by atoms with Crippen molar-refractivity contribution in [2.45, 2.75) is 20.3 Å². The molecule has 10 heteroatoms. The van der Waals surface area contributed by atoms with Gasteiger partial charge in [-0.1, -0.05) is 0 Å². The monoisotopic (exact) mass is 507 g/mol. The molecule has 0 atom stereocenters. The maximum Gasteiger partial charge on any atom is 0.250 e.